The Hall–Kier alpha value is -9.12. The van der Waals surface area contributed by atoms with E-state index in [2.05, 4.69) is 4.98 Å². The molecule has 604 valence electrons. The molecule has 0 spiro atoms. The Morgan fingerprint density at radius 3 is 1.02 bits per heavy atom. The minimum Gasteiger partial charge on any atom is -1.00 e. The number of nitrogens with zero attached hydrogens (tertiary/aromatic N) is 5. The van der Waals surface area contributed by atoms with Gasteiger partial charge in [-0.15, -0.1) is 0 Å². The number of aliphatic carboxylic acids is 1. The number of esters is 2. The van der Waals surface area contributed by atoms with Crippen molar-refractivity contribution < 1.29 is 113 Å². The number of aromatic nitrogens is 6. The Kier molecular flexibility index (Phi) is 28.8. The molecule has 0 amide bonds. The summed E-state index contributed by atoms with van der Waals surface area (Å²) in [5.74, 6) is -4.33. The summed E-state index contributed by atoms with van der Waals surface area (Å²) in [6.45, 7) is 15.9. The predicted molar refractivity (Wildman–Crippen MR) is 430 cm³/mol. The maximum atomic E-state index is 13.8. The molecule has 6 aromatic carbocycles. The number of rotatable bonds is 17. The fourth-order valence-corrected chi connectivity index (χ4v) is 16.0. The summed E-state index contributed by atoms with van der Waals surface area (Å²) in [6.07, 6.45) is 0.231. The van der Waals surface area contributed by atoms with Crippen LogP contribution in [0.3, 0.4) is 0 Å². The van der Waals surface area contributed by atoms with Crippen LogP contribution in [0.1, 0.15) is 99.1 Å². The Morgan fingerprint density at radius 2 is 0.722 bits per heavy atom. The van der Waals surface area contributed by atoms with Crippen molar-refractivity contribution in [3.63, 3.8) is 0 Å². The molecule has 0 aliphatic carbocycles. The monoisotopic (exact) mass is 1730 g/mol. The molecule has 35 heteroatoms. The molecule has 2 N–H and O–H groups in total. The summed E-state index contributed by atoms with van der Waals surface area (Å²) in [7, 11) is -0.389. The second-order valence-electron chi connectivity index (χ2n) is 28.4. The van der Waals surface area contributed by atoms with E-state index in [0.29, 0.717) is 53.9 Å². The van der Waals surface area contributed by atoms with E-state index in [-0.39, 0.29) is 84.4 Å². The summed E-state index contributed by atoms with van der Waals surface area (Å²) in [4.78, 5) is 80.9. The average Bonchev–Trinajstić information content (AvgIpc) is 1.49. The number of benzene rings is 6. The zero-order valence-corrected chi connectivity index (χ0v) is 72.0. The number of fused-ring (bicyclic) bond motifs is 3. The van der Waals surface area contributed by atoms with Crippen LogP contribution in [0.2, 0.25) is 15.1 Å². The van der Waals surface area contributed by atoms with Crippen molar-refractivity contribution in [3.05, 3.63) is 263 Å². The number of H-pyrrole nitrogens is 1. The van der Waals surface area contributed by atoms with Crippen LogP contribution in [0.4, 0.5) is 13.2 Å². The Morgan fingerprint density at radius 1 is 0.435 bits per heavy atom. The summed E-state index contributed by atoms with van der Waals surface area (Å²) in [5, 5.41) is 12.8. The van der Waals surface area contributed by atoms with Gasteiger partial charge in [-0.05, 0) is 206 Å². The zero-order chi connectivity index (χ0) is 84.4. The van der Waals surface area contributed by atoms with E-state index in [1.54, 1.807) is 115 Å². The van der Waals surface area contributed by atoms with Gasteiger partial charge in [0.15, 0.2) is 18.3 Å². The van der Waals surface area contributed by atoms with E-state index in [0.717, 1.165) is 96.4 Å². The van der Waals surface area contributed by atoms with Crippen molar-refractivity contribution >= 4 is 125 Å². The molecule has 0 fully saturated rings. The quantitative estimate of drug-likeness (QED) is 0.0486. The molecular weight excluding hydrogens is 1650 g/mol. The molecule has 0 saturated carbocycles. The smallest absolute Gasteiger partial charge is 1.00 e. The van der Waals surface area contributed by atoms with Gasteiger partial charge in [0.05, 0.1) is 62.8 Å². The molecule has 3 unspecified atom stereocenters. The molecule has 6 heterocycles. The summed E-state index contributed by atoms with van der Waals surface area (Å²) in [6, 6.07) is 38.0. The molecule has 0 aliphatic heterocycles. The largest absolute Gasteiger partial charge is 1.00 e. The Balaban J connectivity index is 0.000000225. The van der Waals surface area contributed by atoms with Gasteiger partial charge in [-0.3, -0.25) is 14.4 Å². The normalized spacial score (nSPS) is 12.8. The second-order valence-corrected chi connectivity index (χ2v) is 35.9. The van der Waals surface area contributed by atoms with Gasteiger partial charge in [-0.1, -0.05) is 71.2 Å². The summed E-state index contributed by atoms with van der Waals surface area (Å²) < 4.78 is 148. The second kappa shape index (κ2) is 36.2. The van der Waals surface area contributed by atoms with Crippen LogP contribution in [0.5, 0.6) is 0 Å². The van der Waals surface area contributed by atoms with Crippen molar-refractivity contribution in [2.45, 2.75) is 112 Å². The van der Waals surface area contributed by atoms with Crippen LogP contribution >= 0.6 is 45.5 Å². The van der Waals surface area contributed by atoms with Gasteiger partial charge >= 0.3 is 47.5 Å². The first kappa shape index (κ1) is 91.4. The van der Waals surface area contributed by atoms with Crippen molar-refractivity contribution in [2.24, 2.45) is 21.1 Å². The first-order chi connectivity index (χ1) is 53.1. The van der Waals surface area contributed by atoms with Crippen molar-refractivity contribution in [3.8, 4) is 33.4 Å². The number of hydrogen-bond donors (Lipinski definition) is 2. The van der Waals surface area contributed by atoms with Gasteiger partial charge in [-0.25, -0.2) is 60.8 Å². The standard InChI is InChI=1S/C27H26ClFN2O6S.C26H24ClFN2O6S.C21H23ClN2O4.C6H4ClFO2S.Na.H/c1-27(2,3)37-24(26(33)36-5)23-21(16-6-8-17(28)9-7-16)20-14-15-31(22(20)25(32)30(23)4)38(34,35)19-12-10-18(29)11-13-19;1-26(2,3)36-23(25(32)33)22-20(15-5-7-16(27)8-6-15)19-13-14-30(21(19)24(31)29(22)4)37(34,35)18-11-9-17(28)10-12-18;1-21(2,3)28-18(20(26)27-5)17-15(12-6-8-13(22)9-7-12)14-10-11-23-16(14)19(25)24(17)4;7-11(9,10)6-3-1-5(8)2-4-6;;/h6-15,24H,1-5H3;5-14,23H,1-4H3,(H,32,33);6-11,18,23H,1-5H3;1-4H;;/q;;;;+1;-1. The van der Waals surface area contributed by atoms with E-state index < -0.39 is 111 Å². The van der Waals surface area contributed by atoms with E-state index in [1.807, 2.05) is 39.0 Å². The first-order valence-corrected chi connectivity index (χ1v) is 40.5. The maximum Gasteiger partial charge on any atom is 1.00 e. The van der Waals surface area contributed by atoms with Crippen LogP contribution in [-0.4, -0.2) is 106 Å². The third kappa shape index (κ3) is 20.6. The fraction of sp³-hybridized carbons (Fsp3) is 0.250. The molecule has 12 aromatic rings. The third-order valence-corrected chi connectivity index (χ3v) is 22.6. The van der Waals surface area contributed by atoms with Crippen LogP contribution < -0.4 is 46.2 Å². The number of aromatic amines is 1. The Bertz CT molecular complexity index is 6210. The molecule has 3 atom stereocenters. The van der Waals surface area contributed by atoms with Crippen LogP contribution in [-0.2, 0) is 88.3 Å². The van der Waals surface area contributed by atoms with E-state index in [9.17, 15) is 72.3 Å². The number of nitrogens with one attached hydrogen (secondary N) is 1. The van der Waals surface area contributed by atoms with Gasteiger partial charge in [0.1, 0.15) is 34.0 Å². The molecule has 0 radical (unpaired) electrons. The summed E-state index contributed by atoms with van der Waals surface area (Å²) >= 11 is 18.2. The molecule has 0 aliphatic rings. The van der Waals surface area contributed by atoms with Crippen molar-refractivity contribution in [2.75, 3.05) is 14.2 Å². The van der Waals surface area contributed by atoms with E-state index in [1.165, 1.54) is 62.0 Å². The predicted octanol–water partition coefficient (Wildman–Crippen LogP) is 13.1. The van der Waals surface area contributed by atoms with Crippen LogP contribution in [0, 0.1) is 17.5 Å². The Labute approximate surface area is 702 Å². The van der Waals surface area contributed by atoms with Crippen molar-refractivity contribution in [1.29, 1.82) is 0 Å². The number of carboxylic acid groups (broad SMARTS) is 1. The SMILES string of the molecule is COC(=O)C(OC(C)(C)C)c1c(-c2ccc(Cl)cc2)c2cc[nH]c2c(=O)n1C.COC(=O)C(OC(C)(C)C)c1c(-c2ccc(Cl)cc2)c2ccn(S(=O)(=O)c3ccc(F)cc3)c2c(=O)n1C.Cn1c(C(OC(C)(C)C)C(=O)O)c(-c2ccc(Cl)cc2)c2ccn(S(=O)(=O)c3ccc(F)cc3)c2c1=O.O=S(=O)(Cl)c1ccc(F)cc1.[H-].[Na+]. The van der Waals surface area contributed by atoms with Gasteiger partial charge in [-0.2, -0.15) is 0 Å². The topological polar surface area (TPSA) is 312 Å². The van der Waals surface area contributed by atoms with Gasteiger partial charge in [0.25, 0.3) is 45.8 Å². The third-order valence-electron chi connectivity index (χ3n) is 17.1. The zero-order valence-electron chi connectivity index (χ0n) is 65.5. The molecular formula is C80H78Cl4F3N6NaO18S3. The number of carbonyl (C=O) groups excluding carboxylic acids is 2. The molecule has 6 aromatic heterocycles. The number of methoxy groups -OCH3 is 2. The van der Waals surface area contributed by atoms with Gasteiger partial charge < -0.3 is 48.9 Å². The average molecular weight is 1730 g/mol. The van der Waals surface area contributed by atoms with Gasteiger partial charge in [0.2, 0.25) is 0 Å². The van der Waals surface area contributed by atoms with Crippen molar-refractivity contribution in [1.82, 2.24) is 26.6 Å². The minimum atomic E-state index is -4.29. The molecule has 115 heavy (non-hydrogen) atoms. The molecule has 0 bridgehead atoms. The summed E-state index contributed by atoms with van der Waals surface area (Å²) in [5.41, 5.74) is 0.0436. The fourth-order valence-electron chi connectivity index (χ4n) is 12.2. The van der Waals surface area contributed by atoms with Gasteiger partial charge in [0, 0.05) is 98.3 Å². The number of carbonyl (C=O) groups is 3. The first-order valence-electron chi connectivity index (χ1n) is 34.2. The minimum absolute atomic E-state index is 0. The number of ether oxygens (including phenoxy) is 5. The molecule has 0 saturated heterocycles. The van der Waals surface area contributed by atoms with E-state index in [4.69, 9.17) is 69.2 Å². The number of carboxylic acids is 1. The molecule has 24 nitrogen and oxygen atoms in total. The van der Waals surface area contributed by atoms with Crippen LogP contribution in [0.15, 0.2) is 211 Å². The number of halogens is 7. The number of pyridine rings is 3. The maximum absolute atomic E-state index is 13.8. The van der Waals surface area contributed by atoms with E-state index >= 15 is 0 Å². The van der Waals surface area contributed by atoms with Crippen LogP contribution in [0.25, 0.3) is 66.1 Å². The number of hydrogen-bond acceptors (Lipinski definition) is 17. The molecule has 12 rings (SSSR count).